The van der Waals surface area contributed by atoms with Gasteiger partial charge in [-0.15, -0.1) is 0 Å². The average molecular weight is 421 g/mol. The molecule has 0 heterocycles. The smallest absolute Gasteiger partial charge is 0.161 e. The first-order valence-corrected chi connectivity index (χ1v) is 11.0. The van der Waals surface area contributed by atoms with Gasteiger partial charge in [-0.25, -0.2) is 0 Å². The lowest BCUT2D eigenvalue weighted by atomic mass is 9.99. The fraction of sp³-hybridized carbons (Fsp3) is 0.333. The molecule has 4 heteroatoms. The average Bonchev–Trinajstić information content (AvgIpc) is 2.81. The molecule has 0 aliphatic heterocycles. The SMILES string of the molecule is CCCCOCc1cccc(C(O)c2ccc(OCc3ccccc3)c(OCC)c2)c1. The molecule has 3 aromatic carbocycles. The lowest BCUT2D eigenvalue weighted by molar-refractivity contribution is 0.118. The summed E-state index contributed by atoms with van der Waals surface area (Å²) in [4.78, 5) is 0. The summed E-state index contributed by atoms with van der Waals surface area (Å²) in [5.74, 6) is 1.30. The summed E-state index contributed by atoms with van der Waals surface area (Å²) in [6, 6.07) is 23.5. The van der Waals surface area contributed by atoms with E-state index in [1.807, 2.05) is 79.7 Å². The number of hydrogen-bond donors (Lipinski definition) is 1. The van der Waals surface area contributed by atoms with Crippen molar-refractivity contribution in [3.63, 3.8) is 0 Å². The van der Waals surface area contributed by atoms with E-state index in [0.29, 0.717) is 31.3 Å². The Bertz CT molecular complexity index is 924. The van der Waals surface area contributed by atoms with Crippen molar-refractivity contribution in [3.05, 3.63) is 95.1 Å². The highest BCUT2D eigenvalue weighted by Gasteiger charge is 2.15. The van der Waals surface area contributed by atoms with Crippen molar-refractivity contribution in [3.8, 4) is 11.5 Å². The Kier molecular flexibility index (Phi) is 8.95. The van der Waals surface area contributed by atoms with Crippen LogP contribution >= 0.6 is 0 Å². The van der Waals surface area contributed by atoms with Crippen molar-refractivity contribution >= 4 is 0 Å². The zero-order valence-electron chi connectivity index (χ0n) is 18.4. The van der Waals surface area contributed by atoms with E-state index in [-0.39, 0.29) is 0 Å². The second-order valence-electron chi connectivity index (χ2n) is 7.47. The highest BCUT2D eigenvalue weighted by molar-refractivity contribution is 5.45. The maximum absolute atomic E-state index is 11.0. The van der Waals surface area contributed by atoms with Crippen molar-refractivity contribution in [2.75, 3.05) is 13.2 Å². The van der Waals surface area contributed by atoms with E-state index in [2.05, 4.69) is 6.92 Å². The molecule has 1 N–H and O–H groups in total. The fourth-order valence-corrected chi connectivity index (χ4v) is 3.30. The molecule has 3 rings (SSSR count). The van der Waals surface area contributed by atoms with Gasteiger partial charge in [-0.1, -0.05) is 74.0 Å². The minimum absolute atomic E-state index is 0.461. The predicted octanol–water partition coefficient (Wildman–Crippen LogP) is 6.06. The van der Waals surface area contributed by atoms with Gasteiger partial charge in [0.1, 0.15) is 12.7 Å². The van der Waals surface area contributed by atoms with Crippen LogP contribution in [0.1, 0.15) is 55.0 Å². The summed E-state index contributed by atoms with van der Waals surface area (Å²) < 4.78 is 17.5. The molecule has 0 amide bonds. The minimum Gasteiger partial charge on any atom is -0.490 e. The van der Waals surface area contributed by atoms with Crippen LogP contribution in [-0.4, -0.2) is 18.3 Å². The molecule has 0 aliphatic carbocycles. The minimum atomic E-state index is -0.752. The van der Waals surface area contributed by atoms with Crippen LogP contribution in [0.2, 0.25) is 0 Å². The predicted molar refractivity (Wildman–Crippen MR) is 123 cm³/mol. The molecule has 0 saturated heterocycles. The summed E-state index contributed by atoms with van der Waals surface area (Å²) in [6.07, 6.45) is 1.42. The fourth-order valence-electron chi connectivity index (χ4n) is 3.30. The number of hydrogen-bond acceptors (Lipinski definition) is 4. The molecule has 0 fully saturated rings. The Hall–Kier alpha value is -2.82. The summed E-state index contributed by atoms with van der Waals surface area (Å²) in [5.41, 5.74) is 3.74. The largest absolute Gasteiger partial charge is 0.490 e. The Labute approximate surface area is 185 Å². The van der Waals surface area contributed by atoms with E-state index >= 15 is 0 Å². The second kappa shape index (κ2) is 12.1. The molecule has 0 saturated carbocycles. The van der Waals surface area contributed by atoms with Gasteiger partial charge in [-0.05, 0) is 47.7 Å². The van der Waals surface area contributed by atoms with Gasteiger partial charge in [-0.2, -0.15) is 0 Å². The summed E-state index contributed by atoms with van der Waals surface area (Å²) in [5, 5.41) is 11.0. The lowest BCUT2D eigenvalue weighted by Gasteiger charge is -2.17. The van der Waals surface area contributed by atoms with Crippen LogP contribution in [0.25, 0.3) is 0 Å². The van der Waals surface area contributed by atoms with E-state index in [1.165, 1.54) is 0 Å². The number of aliphatic hydroxyl groups excluding tert-OH is 1. The van der Waals surface area contributed by atoms with Crippen LogP contribution in [-0.2, 0) is 18.0 Å². The summed E-state index contributed by atoms with van der Waals surface area (Å²) in [6.45, 7) is 6.37. The van der Waals surface area contributed by atoms with Crippen LogP contribution in [0.5, 0.6) is 11.5 Å². The molecule has 0 radical (unpaired) electrons. The Morgan fingerprint density at radius 3 is 2.29 bits per heavy atom. The number of benzene rings is 3. The third kappa shape index (κ3) is 6.84. The van der Waals surface area contributed by atoms with Gasteiger partial charge in [0.25, 0.3) is 0 Å². The molecule has 1 atom stereocenters. The quantitative estimate of drug-likeness (QED) is 0.362. The van der Waals surface area contributed by atoms with Crippen molar-refractivity contribution in [1.82, 2.24) is 0 Å². The highest BCUT2D eigenvalue weighted by Crippen LogP contribution is 2.33. The molecule has 0 bridgehead atoms. The van der Waals surface area contributed by atoms with Crippen LogP contribution in [0.4, 0.5) is 0 Å². The topological polar surface area (TPSA) is 47.9 Å². The summed E-state index contributed by atoms with van der Waals surface area (Å²) >= 11 is 0. The molecule has 0 aliphatic rings. The molecule has 164 valence electrons. The molecule has 1 unspecified atom stereocenters. The van der Waals surface area contributed by atoms with E-state index in [4.69, 9.17) is 14.2 Å². The molecular formula is C27H32O4. The van der Waals surface area contributed by atoms with E-state index in [9.17, 15) is 5.11 Å². The maximum Gasteiger partial charge on any atom is 0.161 e. The number of unbranched alkanes of at least 4 members (excludes halogenated alkanes) is 1. The second-order valence-corrected chi connectivity index (χ2v) is 7.47. The molecule has 4 nitrogen and oxygen atoms in total. The Morgan fingerprint density at radius 1 is 0.742 bits per heavy atom. The van der Waals surface area contributed by atoms with Crippen molar-refractivity contribution < 1.29 is 19.3 Å². The lowest BCUT2D eigenvalue weighted by Crippen LogP contribution is -2.04. The third-order valence-corrected chi connectivity index (χ3v) is 5.00. The van der Waals surface area contributed by atoms with Crippen LogP contribution < -0.4 is 9.47 Å². The highest BCUT2D eigenvalue weighted by atomic mass is 16.5. The van der Waals surface area contributed by atoms with E-state index in [1.54, 1.807) is 0 Å². The maximum atomic E-state index is 11.0. The van der Waals surface area contributed by atoms with Gasteiger partial charge in [0, 0.05) is 6.61 Å². The van der Waals surface area contributed by atoms with Crippen LogP contribution in [0.15, 0.2) is 72.8 Å². The first-order chi connectivity index (χ1) is 15.2. The van der Waals surface area contributed by atoms with E-state index in [0.717, 1.165) is 41.7 Å². The van der Waals surface area contributed by atoms with Gasteiger partial charge < -0.3 is 19.3 Å². The number of rotatable bonds is 12. The first-order valence-electron chi connectivity index (χ1n) is 11.0. The molecule has 0 aromatic heterocycles. The molecule has 0 spiro atoms. The number of ether oxygens (including phenoxy) is 3. The number of aliphatic hydroxyl groups is 1. The van der Waals surface area contributed by atoms with Gasteiger partial charge >= 0.3 is 0 Å². The molecule has 31 heavy (non-hydrogen) atoms. The Balaban J connectivity index is 1.72. The standard InChI is InChI=1S/C27H32O4/c1-3-5-16-29-19-22-12-9-13-23(17-22)27(28)24-14-15-25(26(18-24)30-4-2)31-20-21-10-7-6-8-11-21/h6-15,17-18,27-28H,3-5,16,19-20H2,1-2H3. The van der Waals surface area contributed by atoms with Gasteiger partial charge in [0.15, 0.2) is 11.5 Å². The van der Waals surface area contributed by atoms with Gasteiger partial charge in [0.05, 0.1) is 13.2 Å². The van der Waals surface area contributed by atoms with Gasteiger partial charge in [-0.3, -0.25) is 0 Å². The van der Waals surface area contributed by atoms with Crippen LogP contribution in [0, 0.1) is 0 Å². The van der Waals surface area contributed by atoms with E-state index < -0.39 is 6.10 Å². The normalized spacial score (nSPS) is 11.8. The monoisotopic (exact) mass is 420 g/mol. The molecular weight excluding hydrogens is 388 g/mol. The van der Waals surface area contributed by atoms with Crippen LogP contribution in [0.3, 0.4) is 0 Å². The molecule has 3 aromatic rings. The van der Waals surface area contributed by atoms with Crippen molar-refractivity contribution in [2.24, 2.45) is 0 Å². The Morgan fingerprint density at radius 2 is 1.52 bits per heavy atom. The zero-order chi connectivity index (χ0) is 21.9. The first kappa shape index (κ1) is 22.9. The third-order valence-electron chi connectivity index (χ3n) is 5.00. The van der Waals surface area contributed by atoms with Crippen molar-refractivity contribution in [1.29, 1.82) is 0 Å². The zero-order valence-corrected chi connectivity index (χ0v) is 18.4. The summed E-state index contributed by atoms with van der Waals surface area (Å²) in [7, 11) is 0. The van der Waals surface area contributed by atoms with Gasteiger partial charge in [0.2, 0.25) is 0 Å². The van der Waals surface area contributed by atoms with Crippen molar-refractivity contribution in [2.45, 2.75) is 46.0 Å².